The molecule has 0 bridgehead atoms. The van der Waals surface area contributed by atoms with Crippen LogP contribution in [0.25, 0.3) is 0 Å². The van der Waals surface area contributed by atoms with E-state index in [1.165, 1.54) is 25.7 Å². The SMILES string of the molecule is CC[C@H]1C[C@H](CC)P1[C@H]1C=CCC1. The molecule has 1 fully saturated rings. The molecule has 0 saturated carbocycles. The van der Waals surface area contributed by atoms with Crippen molar-refractivity contribution in [1.82, 2.24) is 0 Å². The third-order valence-electron chi connectivity index (χ3n) is 3.70. The van der Waals surface area contributed by atoms with Crippen LogP contribution < -0.4 is 0 Å². The van der Waals surface area contributed by atoms with Gasteiger partial charge in [-0.25, -0.2) is 0 Å². The largest absolute Gasteiger partial charge is 0.0932 e. The molecule has 0 spiro atoms. The molecule has 1 heteroatoms. The zero-order chi connectivity index (χ0) is 9.26. The molecular weight excluding hydrogens is 175 g/mol. The number of rotatable bonds is 3. The minimum Gasteiger partial charge on any atom is -0.0932 e. The summed E-state index contributed by atoms with van der Waals surface area (Å²) < 4.78 is 0. The van der Waals surface area contributed by atoms with Crippen molar-refractivity contribution in [3.8, 4) is 0 Å². The van der Waals surface area contributed by atoms with E-state index in [2.05, 4.69) is 26.0 Å². The summed E-state index contributed by atoms with van der Waals surface area (Å²) in [5.41, 5.74) is 3.25. The summed E-state index contributed by atoms with van der Waals surface area (Å²) in [6.45, 7) is 4.76. The van der Waals surface area contributed by atoms with Crippen molar-refractivity contribution in [2.24, 2.45) is 0 Å². The van der Waals surface area contributed by atoms with Crippen molar-refractivity contribution in [2.75, 3.05) is 0 Å². The van der Waals surface area contributed by atoms with Crippen LogP contribution in [-0.4, -0.2) is 17.0 Å². The molecule has 3 atom stereocenters. The van der Waals surface area contributed by atoms with Crippen LogP contribution in [0.15, 0.2) is 12.2 Å². The molecule has 0 aromatic heterocycles. The zero-order valence-corrected chi connectivity index (χ0v) is 9.76. The molecule has 0 aromatic rings. The lowest BCUT2D eigenvalue weighted by Gasteiger charge is -2.48. The Kier molecular flexibility index (Phi) is 3.09. The van der Waals surface area contributed by atoms with Gasteiger partial charge in [-0.15, -0.1) is 0 Å². The van der Waals surface area contributed by atoms with E-state index >= 15 is 0 Å². The Balaban J connectivity index is 1.97. The topological polar surface area (TPSA) is 0 Å². The first-order valence-corrected chi connectivity index (χ1v) is 7.35. The molecule has 0 unspecified atom stereocenters. The van der Waals surface area contributed by atoms with Crippen molar-refractivity contribution < 1.29 is 0 Å². The smallest absolute Gasteiger partial charge is 0.00217 e. The van der Waals surface area contributed by atoms with E-state index in [1.807, 2.05) is 0 Å². The number of allylic oxidation sites excluding steroid dienone is 2. The van der Waals surface area contributed by atoms with Gasteiger partial charge in [0.05, 0.1) is 0 Å². The Morgan fingerprint density at radius 3 is 2.38 bits per heavy atom. The predicted octanol–water partition coefficient (Wildman–Crippen LogP) is 4.15. The van der Waals surface area contributed by atoms with Gasteiger partial charge in [-0.2, -0.15) is 0 Å². The summed E-state index contributed by atoms with van der Waals surface area (Å²) in [7, 11) is 0.387. The van der Waals surface area contributed by atoms with E-state index in [0.717, 1.165) is 17.0 Å². The lowest BCUT2D eigenvalue weighted by molar-refractivity contribution is 0.593. The molecule has 2 rings (SSSR count). The maximum atomic E-state index is 2.52. The third kappa shape index (κ3) is 1.71. The summed E-state index contributed by atoms with van der Waals surface area (Å²) in [5.74, 6) is 0. The van der Waals surface area contributed by atoms with Crippen LogP contribution in [0.1, 0.15) is 46.0 Å². The van der Waals surface area contributed by atoms with E-state index in [1.54, 1.807) is 6.42 Å². The molecule has 1 aliphatic heterocycles. The molecular formula is C12H21P. The Morgan fingerprint density at radius 2 is 1.92 bits per heavy atom. The molecule has 1 heterocycles. The second kappa shape index (κ2) is 4.13. The van der Waals surface area contributed by atoms with Crippen molar-refractivity contribution in [3.05, 3.63) is 12.2 Å². The average molecular weight is 196 g/mol. The van der Waals surface area contributed by atoms with Gasteiger partial charge in [0.15, 0.2) is 0 Å². The fourth-order valence-electron chi connectivity index (χ4n) is 2.88. The summed E-state index contributed by atoms with van der Waals surface area (Å²) in [5, 5.41) is 0. The minimum atomic E-state index is 0.387. The first kappa shape index (κ1) is 9.71. The van der Waals surface area contributed by atoms with E-state index in [4.69, 9.17) is 0 Å². The standard InChI is InChI=1S/C12H21P/c1-3-10-9-11(4-2)13(10)12-7-5-6-8-12/h5,7,10-12H,3-4,6,8-9H2,1-2H3/t10-,11-,12-/m0/s1. The third-order valence-corrected chi connectivity index (χ3v) is 7.73. The molecule has 13 heavy (non-hydrogen) atoms. The highest BCUT2D eigenvalue weighted by atomic mass is 31.1. The fraction of sp³-hybridized carbons (Fsp3) is 0.833. The van der Waals surface area contributed by atoms with Crippen LogP contribution in [0.5, 0.6) is 0 Å². The van der Waals surface area contributed by atoms with E-state index < -0.39 is 0 Å². The molecule has 0 radical (unpaired) electrons. The zero-order valence-electron chi connectivity index (χ0n) is 8.87. The molecule has 0 aromatic carbocycles. The summed E-state index contributed by atoms with van der Waals surface area (Å²) in [4.78, 5) is 0. The monoisotopic (exact) mass is 196 g/mol. The van der Waals surface area contributed by atoms with E-state index in [9.17, 15) is 0 Å². The van der Waals surface area contributed by atoms with Gasteiger partial charge in [0.25, 0.3) is 0 Å². The van der Waals surface area contributed by atoms with Crippen molar-refractivity contribution >= 4 is 7.92 Å². The molecule has 2 aliphatic rings. The fourth-order valence-corrected chi connectivity index (χ4v) is 6.77. The summed E-state index contributed by atoms with van der Waals surface area (Å²) in [6, 6.07) is 0. The van der Waals surface area contributed by atoms with Gasteiger partial charge >= 0.3 is 0 Å². The highest BCUT2D eigenvalue weighted by Gasteiger charge is 2.41. The van der Waals surface area contributed by atoms with Crippen molar-refractivity contribution in [3.63, 3.8) is 0 Å². The number of hydrogen-bond acceptors (Lipinski definition) is 0. The predicted molar refractivity (Wildman–Crippen MR) is 61.9 cm³/mol. The second-order valence-corrected chi connectivity index (χ2v) is 7.40. The molecule has 0 nitrogen and oxygen atoms in total. The van der Waals surface area contributed by atoms with Crippen LogP contribution in [-0.2, 0) is 0 Å². The Bertz CT molecular complexity index is 187. The second-order valence-electron chi connectivity index (χ2n) is 4.38. The van der Waals surface area contributed by atoms with Crippen LogP contribution in [0.4, 0.5) is 0 Å². The van der Waals surface area contributed by atoms with Gasteiger partial charge in [-0.05, 0) is 49.1 Å². The van der Waals surface area contributed by atoms with E-state index in [0.29, 0.717) is 7.92 Å². The summed E-state index contributed by atoms with van der Waals surface area (Å²) >= 11 is 0. The highest BCUT2D eigenvalue weighted by Crippen LogP contribution is 2.66. The van der Waals surface area contributed by atoms with Gasteiger partial charge < -0.3 is 0 Å². The Hall–Kier alpha value is 0.170. The van der Waals surface area contributed by atoms with Gasteiger partial charge in [-0.1, -0.05) is 33.9 Å². The van der Waals surface area contributed by atoms with Crippen LogP contribution in [0.2, 0.25) is 0 Å². The maximum absolute atomic E-state index is 2.52. The highest BCUT2D eigenvalue weighted by molar-refractivity contribution is 7.61. The molecule has 74 valence electrons. The van der Waals surface area contributed by atoms with Crippen LogP contribution >= 0.6 is 7.92 Å². The molecule has 0 amide bonds. The molecule has 1 saturated heterocycles. The Morgan fingerprint density at radius 1 is 1.23 bits per heavy atom. The molecule has 1 aliphatic carbocycles. The quantitative estimate of drug-likeness (QED) is 0.470. The number of hydrogen-bond donors (Lipinski definition) is 0. The van der Waals surface area contributed by atoms with Crippen molar-refractivity contribution in [1.29, 1.82) is 0 Å². The van der Waals surface area contributed by atoms with Gasteiger partial charge in [-0.3, -0.25) is 0 Å². The first-order chi connectivity index (χ1) is 6.36. The van der Waals surface area contributed by atoms with E-state index in [-0.39, 0.29) is 0 Å². The summed E-state index contributed by atoms with van der Waals surface area (Å²) in [6.07, 6.45) is 12.2. The normalized spacial score (nSPS) is 39.4. The Labute approximate surface area is 83.6 Å². The van der Waals surface area contributed by atoms with Gasteiger partial charge in [0.2, 0.25) is 0 Å². The first-order valence-electron chi connectivity index (χ1n) is 5.80. The van der Waals surface area contributed by atoms with Crippen LogP contribution in [0.3, 0.4) is 0 Å². The van der Waals surface area contributed by atoms with Gasteiger partial charge in [0, 0.05) is 0 Å². The van der Waals surface area contributed by atoms with Crippen molar-refractivity contribution in [2.45, 2.75) is 62.9 Å². The van der Waals surface area contributed by atoms with Crippen LogP contribution in [0, 0.1) is 0 Å². The minimum absolute atomic E-state index is 0.387. The van der Waals surface area contributed by atoms with Gasteiger partial charge in [0.1, 0.15) is 0 Å². The lowest BCUT2D eigenvalue weighted by atomic mass is 10.1. The molecule has 0 N–H and O–H groups in total. The maximum Gasteiger partial charge on any atom is -0.00217 e. The average Bonchev–Trinajstić information content (AvgIpc) is 2.57. The lowest BCUT2D eigenvalue weighted by Crippen LogP contribution is -2.33.